The van der Waals surface area contributed by atoms with Crippen LogP contribution in [0.3, 0.4) is 0 Å². The molecule has 0 saturated carbocycles. The maximum absolute atomic E-state index is 15.0. The smallest absolute Gasteiger partial charge is 0.229 e. The average molecular weight is 486 g/mol. The Hall–Kier alpha value is -3.41. The molecule has 2 aliphatic heterocycles. The number of methoxy groups -OCH3 is 1. The molecular weight excluding hydrogens is 456 g/mol. The molecule has 10 nitrogen and oxygen atoms in total. The lowest BCUT2D eigenvalue weighted by Gasteiger charge is -2.47. The van der Waals surface area contributed by atoms with Gasteiger partial charge >= 0.3 is 0 Å². The van der Waals surface area contributed by atoms with Gasteiger partial charge in [0.15, 0.2) is 29.0 Å². The van der Waals surface area contributed by atoms with Crippen LogP contribution in [0.5, 0.6) is 5.75 Å². The van der Waals surface area contributed by atoms with Gasteiger partial charge in [0.1, 0.15) is 0 Å². The summed E-state index contributed by atoms with van der Waals surface area (Å²) >= 11 is 0. The van der Waals surface area contributed by atoms with E-state index >= 15 is 4.39 Å². The zero-order chi connectivity index (χ0) is 24.7. The molecule has 12 heteroatoms. The predicted octanol–water partition coefficient (Wildman–Crippen LogP) is 3.61. The highest BCUT2D eigenvalue weighted by atomic mass is 19.1. The van der Waals surface area contributed by atoms with E-state index in [-0.39, 0.29) is 34.8 Å². The van der Waals surface area contributed by atoms with E-state index in [0.717, 1.165) is 32.0 Å². The first-order chi connectivity index (χ1) is 16.7. The number of piperidine rings is 1. The van der Waals surface area contributed by atoms with Crippen molar-refractivity contribution < 1.29 is 13.5 Å². The summed E-state index contributed by atoms with van der Waals surface area (Å²) in [6.45, 7) is 7.30. The molecular formula is C23H29F2N9O. The van der Waals surface area contributed by atoms with E-state index in [4.69, 9.17) is 4.74 Å². The summed E-state index contributed by atoms with van der Waals surface area (Å²) in [5, 5.41) is 17.5. The van der Waals surface area contributed by atoms with E-state index in [2.05, 4.69) is 54.9 Å². The Labute approximate surface area is 202 Å². The Kier molecular flexibility index (Phi) is 5.99. The number of tetrazole rings is 1. The van der Waals surface area contributed by atoms with E-state index in [1.807, 2.05) is 0 Å². The fourth-order valence-corrected chi connectivity index (χ4v) is 5.38. The summed E-state index contributed by atoms with van der Waals surface area (Å²) in [5.41, 5.74) is 0.558. The first kappa shape index (κ1) is 23.3. The van der Waals surface area contributed by atoms with Crippen LogP contribution in [-0.4, -0.2) is 66.4 Å². The van der Waals surface area contributed by atoms with Gasteiger partial charge in [0.2, 0.25) is 5.95 Å². The molecule has 0 radical (unpaired) electrons. The van der Waals surface area contributed by atoms with Gasteiger partial charge in [-0.2, -0.15) is 9.67 Å². The molecule has 2 aromatic heterocycles. The topological polar surface area (TPSA) is 106 Å². The Bertz CT molecular complexity index is 1230. The number of hydrogen-bond acceptors (Lipinski definition) is 9. The molecule has 1 aromatic carbocycles. The Morgan fingerprint density at radius 1 is 1.23 bits per heavy atom. The third kappa shape index (κ3) is 4.49. The van der Waals surface area contributed by atoms with Crippen molar-refractivity contribution in [2.24, 2.45) is 0 Å². The third-order valence-electron chi connectivity index (χ3n) is 6.90. The maximum atomic E-state index is 15.0. The van der Waals surface area contributed by atoms with Gasteiger partial charge < -0.3 is 15.4 Å². The van der Waals surface area contributed by atoms with Crippen LogP contribution in [0.25, 0.3) is 5.69 Å². The summed E-state index contributed by atoms with van der Waals surface area (Å²) in [6, 6.07) is 3.56. The highest BCUT2D eigenvalue weighted by molar-refractivity contribution is 5.63. The highest BCUT2D eigenvalue weighted by Gasteiger charge is 2.43. The van der Waals surface area contributed by atoms with Crippen LogP contribution in [-0.2, 0) is 0 Å². The molecule has 0 aliphatic carbocycles. The number of hydrogen-bond donors (Lipinski definition) is 2. The number of halogens is 2. The molecule has 5 rings (SSSR count). The predicted molar refractivity (Wildman–Crippen MR) is 126 cm³/mol. The minimum atomic E-state index is -0.639. The summed E-state index contributed by atoms with van der Waals surface area (Å²) in [6.07, 6.45) is 5.22. The Morgan fingerprint density at radius 3 is 2.80 bits per heavy atom. The number of rotatable bonds is 6. The largest absolute Gasteiger partial charge is 0.494 e. The first-order valence-corrected chi connectivity index (χ1v) is 11.7. The van der Waals surface area contributed by atoms with Gasteiger partial charge in [-0.25, -0.2) is 13.8 Å². The lowest BCUT2D eigenvalue weighted by molar-refractivity contribution is 0.0500. The molecule has 35 heavy (non-hydrogen) atoms. The third-order valence-corrected chi connectivity index (χ3v) is 6.90. The van der Waals surface area contributed by atoms with Crippen molar-refractivity contribution in [3.05, 3.63) is 35.8 Å². The van der Waals surface area contributed by atoms with Gasteiger partial charge in [0.05, 0.1) is 24.7 Å². The molecule has 2 saturated heterocycles. The van der Waals surface area contributed by atoms with Gasteiger partial charge in [-0.05, 0) is 69.5 Å². The number of fused-ring (bicyclic) bond motifs is 1. The van der Waals surface area contributed by atoms with Crippen LogP contribution in [0, 0.1) is 18.6 Å². The Balaban J connectivity index is 1.40. The van der Waals surface area contributed by atoms with Crippen LogP contribution in [0.4, 0.5) is 26.2 Å². The highest BCUT2D eigenvalue weighted by Crippen LogP contribution is 2.38. The van der Waals surface area contributed by atoms with E-state index in [1.165, 1.54) is 30.3 Å². The molecule has 0 bridgehead atoms. The van der Waals surface area contributed by atoms with Crippen LogP contribution >= 0.6 is 0 Å². The van der Waals surface area contributed by atoms with Crippen LogP contribution in [0.15, 0.2) is 18.3 Å². The number of ether oxygens (including phenoxy) is 1. The molecule has 4 heterocycles. The quantitative estimate of drug-likeness (QED) is 0.542. The summed E-state index contributed by atoms with van der Waals surface area (Å²) in [7, 11) is 1.37. The molecule has 2 atom stereocenters. The lowest BCUT2D eigenvalue weighted by Crippen LogP contribution is -2.55. The molecule has 0 amide bonds. The molecule has 2 N–H and O–H groups in total. The summed E-state index contributed by atoms with van der Waals surface area (Å²) in [5.74, 6) is -0.540. The summed E-state index contributed by atoms with van der Waals surface area (Å²) < 4.78 is 36.3. The second-order valence-corrected chi connectivity index (χ2v) is 9.75. The molecule has 0 spiro atoms. The van der Waals surface area contributed by atoms with Gasteiger partial charge in [-0.1, -0.05) is 0 Å². The standard InChI is InChI=1S/C23H29F2N9O/c1-13-30-31-32-34(13)16-9-18(20(25)19(10-16)35-4)28-22-26-12-17(24)21(29-22)27-14-8-15-6-5-7-33(15)23(2,3)11-14/h9-10,12,14-15H,5-8,11H2,1-4H3,(H2,26,27,28,29)/t14-,15+/m1/s1. The average Bonchev–Trinajstić information content (AvgIpc) is 3.46. The van der Waals surface area contributed by atoms with E-state index in [1.54, 1.807) is 6.92 Å². The number of benzene rings is 1. The van der Waals surface area contributed by atoms with Crippen molar-refractivity contribution in [3.63, 3.8) is 0 Å². The van der Waals surface area contributed by atoms with Crippen molar-refractivity contribution in [2.45, 2.75) is 64.1 Å². The SMILES string of the molecule is COc1cc(-n2nnnc2C)cc(Nc2ncc(F)c(N[C@@H]3C[C@@H]4CCCN4C(C)(C)C3)n2)c1F. The van der Waals surface area contributed by atoms with E-state index in [9.17, 15) is 4.39 Å². The van der Waals surface area contributed by atoms with Gasteiger partial charge in [-0.15, -0.1) is 5.10 Å². The second kappa shape index (κ2) is 8.99. The minimum absolute atomic E-state index is 0.00841. The normalized spacial score (nSPS) is 21.5. The number of nitrogens with zero attached hydrogens (tertiary/aromatic N) is 7. The second-order valence-electron chi connectivity index (χ2n) is 9.75. The fourth-order valence-electron chi connectivity index (χ4n) is 5.38. The number of aryl methyl sites for hydroxylation is 1. The van der Waals surface area contributed by atoms with E-state index in [0.29, 0.717) is 17.6 Å². The lowest BCUT2D eigenvalue weighted by atomic mass is 9.84. The zero-order valence-corrected chi connectivity index (χ0v) is 20.2. The number of aromatic nitrogens is 6. The zero-order valence-electron chi connectivity index (χ0n) is 20.2. The Morgan fingerprint density at radius 2 is 2.06 bits per heavy atom. The van der Waals surface area contributed by atoms with Crippen molar-refractivity contribution in [2.75, 3.05) is 24.3 Å². The molecule has 3 aromatic rings. The maximum Gasteiger partial charge on any atom is 0.229 e. The van der Waals surface area contributed by atoms with Crippen LogP contribution in [0.2, 0.25) is 0 Å². The minimum Gasteiger partial charge on any atom is -0.494 e. The summed E-state index contributed by atoms with van der Waals surface area (Å²) in [4.78, 5) is 10.9. The van der Waals surface area contributed by atoms with Crippen molar-refractivity contribution in [1.29, 1.82) is 0 Å². The van der Waals surface area contributed by atoms with Crippen LogP contribution in [0.1, 0.15) is 45.4 Å². The van der Waals surface area contributed by atoms with E-state index < -0.39 is 11.6 Å². The van der Waals surface area contributed by atoms with Crippen molar-refractivity contribution in [1.82, 2.24) is 35.1 Å². The van der Waals surface area contributed by atoms with Gasteiger partial charge in [0, 0.05) is 23.7 Å². The molecule has 2 aliphatic rings. The van der Waals surface area contributed by atoms with Gasteiger partial charge in [0.25, 0.3) is 0 Å². The number of nitrogens with one attached hydrogen (secondary N) is 2. The first-order valence-electron chi connectivity index (χ1n) is 11.7. The van der Waals surface area contributed by atoms with Crippen molar-refractivity contribution >= 4 is 17.5 Å². The number of anilines is 3. The monoisotopic (exact) mass is 485 g/mol. The molecule has 2 fully saturated rings. The van der Waals surface area contributed by atoms with Crippen molar-refractivity contribution in [3.8, 4) is 11.4 Å². The van der Waals surface area contributed by atoms with Gasteiger partial charge in [-0.3, -0.25) is 4.90 Å². The molecule has 0 unspecified atom stereocenters. The van der Waals surface area contributed by atoms with Crippen LogP contribution < -0.4 is 15.4 Å². The molecule has 186 valence electrons. The fraction of sp³-hybridized carbons (Fsp3) is 0.522.